The fourth-order valence-corrected chi connectivity index (χ4v) is 1.91. The molecule has 2 rings (SSSR count). The van der Waals surface area contributed by atoms with Crippen molar-refractivity contribution >= 4 is 6.08 Å². The van der Waals surface area contributed by atoms with Gasteiger partial charge < -0.3 is 14.6 Å². The largest absolute Gasteiger partial charge is 0.463 e. The van der Waals surface area contributed by atoms with Crippen LogP contribution in [0.1, 0.15) is 31.9 Å². The predicted octanol–water partition coefficient (Wildman–Crippen LogP) is 3.28. The predicted molar refractivity (Wildman–Crippen MR) is 75.8 cm³/mol. The second-order valence-corrected chi connectivity index (χ2v) is 5.10. The van der Waals surface area contributed by atoms with Crippen LogP contribution < -0.4 is 4.74 Å². The van der Waals surface area contributed by atoms with E-state index in [9.17, 15) is 0 Å². The number of fused-ring (bicyclic) bond motifs is 1. The van der Waals surface area contributed by atoms with E-state index in [-0.39, 0.29) is 0 Å². The highest BCUT2D eigenvalue weighted by Gasteiger charge is 2.27. The maximum absolute atomic E-state index is 9.14. The molecule has 1 N–H and O–H groups in total. The first-order valence-electron chi connectivity index (χ1n) is 6.46. The van der Waals surface area contributed by atoms with Gasteiger partial charge in [-0.2, -0.15) is 0 Å². The van der Waals surface area contributed by atoms with Crippen molar-refractivity contribution in [2.45, 2.75) is 39.3 Å². The van der Waals surface area contributed by atoms with Crippen molar-refractivity contribution in [3.05, 3.63) is 47.6 Å². The molecule has 1 aliphatic heterocycles. The number of hydrogen-bond donors (Lipinski definition) is 1. The first-order chi connectivity index (χ1) is 8.98. The van der Waals surface area contributed by atoms with Crippen molar-refractivity contribution in [2.75, 3.05) is 0 Å². The van der Waals surface area contributed by atoms with Crippen LogP contribution in [0.15, 0.2) is 36.4 Å². The molecule has 0 unspecified atom stereocenters. The van der Waals surface area contributed by atoms with Crippen LogP contribution >= 0.6 is 0 Å². The monoisotopic (exact) mass is 260 g/mol. The van der Waals surface area contributed by atoms with Gasteiger partial charge in [0.1, 0.15) is 5.75 Å². The van der Waals surface area contributed by atoms with Gasteiger partial charge in [0.15, 0.2) is 0 Å². The van der Waals surface area contributed by atoms with Crippen LogP contribution in [0, 0.1) is 0 Å². The van der Waals surface area contributed by atoms with E-state index in [1.807, 2.05) is 50.3 Å². The Hall–Kier alpha value is -1.58. The van der Waals surface area contributed by atoms with Crippen molar-refractivity contribution in [3.63, 3.8) is 0 Å². The highest BCUT2D eigenvalue weighted by molar-refractivity contribution is 5.59. The van der Waals surface area contributed by atoms with Gasteiger partial charge in [-0.1, -0.05) is 36.4 Å². The third-order valence-corrected chi connectivity index (χ3v) is 2.87. The van der Waals surface area contributed by atoms with Crippen LogP contribution in [-0.4, -0.2) is 17.0 Å². The topological polar surface area (TPSA) is 38.7 Å². The van der Waals surface area contributed by atoms with Crippen molar-refractivity contribution in [1.29, 1.82) is 0 Å². The zero-order valence-corrected chi connectivity index (χ0v) is 11.6. The molecular formula is C16H20O3. The highest BCUT2D eigenvalue weighted by atomic mass is 16.7. The summed E-state index contributed by atoms with van der Waals surface area (Å²) in [6.45, 7) is 6.08. The fourth-order valence-electron chi connectivity index (χ4n) is 1.91. The Morgan fingerprint density at radius 2 is 2.11 bits per heavy atom. The molecule has 0 fully saturated rings. The lowest BCUT2D eigenvalue weighted by molar-refractivity contribution is -0.180. The van der Waals surface area contributed by atoms with Crippen molar-refractivity contribution in [3.8, 4) is 5.75 Å². The Morgan fingerprint density at radius 3 is 2.84 bits per heavy atom. The minimum atomic E-state index is -0.568. The molecule has 3 heteroatoms. The van der Waals surface area contributed by atoms with Gasteiger partial charge in [-0.3, -0.25) is 0 Å². The molecule has 1 heterocycles. The smallest absolute Gasteiger partial charge is 0.205 e. The van der Waals surface area contributed by atoms with E-state index in [1.165, 1.54) is 0 Å². The number of aliphatic hydroxyl groups is 1. The molecule has 0 radical (unpaired) electrons. The highest BCUT2D eigenvalue weighted by Crippen LogP contribution is 2.33. The molecular weight excluding hydrogens is 240 g/mol. The Labute approximate surface area is 114 Å². The van der Waals surface area contributed by atoms with Crippen LogP contribution in [0.25, 0.3) is 6.08 Å². The molecule has 0 amide bonds. The number of aliphatic hydroxyl groups excluding tert-OH is 1. The molecule has 0 saturated heterocycles. The minimum absolute atomic E-state index is 0.429. The molecule has 0 spiro atoms. The average Bonchev–Trinajstić information content (AvgIpc) is 2.33. The van der Waals surface area contributed by atoms with E-state index in [1.54, 1.807) is 13.0 Å². The second-order valence-electron chi connectivity index (χ2n) is 5.10. The molecule has 1 aromatic carbocycles. The number of hydrogen-bond acceptors (Lipinski definition) is 3. The maximum atomic E-state index is 9.14. The second kappa shape index (κ2) is 5.59. The Bertz CT molecular complexity index is 499. The standard InChI is InChI=1S/C16H20O3/c1-12(17)7-4-5-8-13-9-6-10-15-14(13)11-18-16(2,3)19-15/h4-10,12,17H,11H2,1-3H3/b7-4+,8-5+/t12-/m1/s1. The van der Waals surface area contributed by atoms with Gasteiger partial charge in [-0.05, 0) is 18.6 Å². The molecule has 0 aliphatic carbocycles. The number of ether oxygens (including phenoxy) is 2. The summed E-state index contributed by atoms with van der Waals surface area (Å²) in [6.07, 6.45) is 7.02. The molecule has 0 aromatic heterocycles. The summed E-state index contributed by atoms with van der Waals surface area (Å²) < 4.78 is 11.5. The molecule has 1 aromatic rings. The molecule has 0 saturated carbocycles. The summed E-state index contributed by atoms with van der Waals surface area (Å²) in [5.41, 5.74) is 2.13. The maximum Gasteiger partial charge on any atom is 0.205 e. The first kappa shape index (κ1) is 13.8. The Morgan fingerprint density at radius 1 is 1.32 bits per heavy atom. The van der Waals surface area contributed by atoms with Gasteiger partial charge in [0.25, 0.3) is 0 Å². The van der Waals surface area contributed by atoms with Gasteiger partial charge in [0, 0.05) is 19.4 Å². The summed E-state index contributed by atoms with van der Waals surface area (Å²) in [7, 11) is 0. The normalized spacial score (nSPS) is 19.4. The molecule has 1 aliphatic rings. The van der Waals surface area contributed by atoms with Gasteiger partial charge in [0.2, 0.25) is 5.79 Å². The quantitative estimate of drug-likeness (QED) is 0.848. The Kier molecular flexibility index (Phi) is 4.08. The molecule has 19 heavy (non-hydrogen) atoms. The van der Waals surface area contributed by atoms with Gasteiger partial charge in [-0.25, -0.2) is 0 Å². The molecule has 3 nitrogen and oxygen atoms in total. The van der Waals surface area contributed by atoms with E-state index >= 15 is 0 Å². The first-order valence-corrected chi connectivity index (χ1v) is 6.46. The summed E-state index contributed by atoms with van der Waals surface area (Å²) in [4.78, 5) is 0. The van der Waals surface area contributed by atoms with Crippen molar-refractivity contribution < 1.29 is 14.6 Å². The zero-order valence-electron chi connectivity index (χ0n) is 11.6. The van der Waals surface area contributed by atoms with Crippen LogP contribution in [0.3, 0.4) is 0 Å². The van der Waals surface area contributed by atoms with Crippen LogP contribution in [-0.2, 0) is 11.3 Å². The molecule has 1 atom stereocenters. The third-order valence-electron chi connectivity index (χ3n) is 2.87. The number of benzene rings is 1. The minimum Gasteiger partial charge on any atom is -0.463 e. The van der Waals surface area contributed by atoms with E-state index < -0.39 is 11.9 Å². The lowest BCUT2D eigenvalue weighted by Gasteiger charge is -2.33. The van der Waals surface area contributed by atoms with E-state index in [0.29, 0.717) is 6.61 Å². The summed E-state index contributed by atoms with van der Waals surface area (Å²) in [5, 5.41) is 9.14. The van der Waals surface area contributed by atoms with Crippen molar-refractivity contribution in [2.24, 2.45) is 0 Å². The summed E-state index contributed by atoms with van der Waals surface area (Å²) in [6, 6.07) is 5.96. The van der Waals surface area contributed by atoms with E-state index in [4.69, 9.17) is 14.6 Å². The van der Waals surface area contributed by atoms with E-state index in [2.05, 4.69) is 0 Å². The third kappa shape index (κ3) is 3.69. The Balaban J connectivity index is 2.20. The zero-order chi connectivity index (χ0) is 13.9. The number of allylic oxidation sites excluding steroid dienone is 2. The number of rotatable bonds is 3. The summed E-state index contributed by atoms with van der Waals surface area (Å²) in [5.74, 6) is 0.305. The van der Waals surface area contributed by atoms with Crippen LogP contribution in [0.5, 0.6) is 5.75 Å². The molecule has 102 valence electrons. The molecule has 0 bridgehead atoms. The SMILES string of the molecule is C[C@@H](O)/C=C/C=C/c1cccc2c1COC(C)(C)O2. The fraction of sp³-hybridized carbons (Fsp3) is 0.375. The lowest BCUT2D eigenvalue weighted by Crippen LogP contribution is -2.35. The van der Waals surface area contributed by atoms with Crippen LogP contribution in [0.4, 0.5) is 0 Å². The average molecular weight is 260 g/mol. The summed E-state index contributed by atoms with van der Waals surface area (Å²) >= 11 is 0. The van der Waals surface area contributed by atoms with Gasteiger partial charge >= 0.3 is 0 Å². The van der Waals surface area contributed by atoms with E-state index in [0.717, 1.165) is 16.9 Å². The van der Waals surface area contributed by atoms with Crippen LogP contribution in [0.2, 0.25) is 0 Å². The lowest BCUT2D eigenvalue weighted by atomic mass is 10.0. The van der Waals surface area contributed by atoms with Gasteiger partial charge in [-0.15, -0.1) is 0 Å². The van der Waals surface area contributed by atoms with Crippen molar-refractivity contribution in [1.82, 2.24) is 0 Å². The van der Waals surface area contributed by atoms with Gasteiger partial charge in [0.05, 0.1) is 12.7 Å².